The zero-order chi connectivity index (χ0) is 19.6. The highest BCUT2D eigenvalue weighted by atomic mass is 32.2. The van der Waals surface area contributed by atoms with Gasteiger partial charge in [0.25, 0.3) is 0 Å². The van der Waals surface area contributed by atoms with Crippen LogP contribution >= 0.6 is 0 Å². The van der Waals surface area contributed by atoms with E-state index < -0.39 is 10.0 Å². The minimum absolute atomic E-state index is 0.0339. The van der Waals surface area contributed by atoms with Gasteiger partial charge in [0.2, 0.25) is 10.0 Å². The van der Waals surface area contributed by atoms with E-state index in [0.29, 0.717) is 12.8 Å². The number of piperidine rings is 1. The number of nitriles is 1. The summed E-state index contributed by atoms with van der Waals surface area (Å²) in [6.07, 6.45) is 0.972. The van der Waals surface area contributed by atoms with Crippen molar-refractivity contribution in [3.05, 3.63) is 64.7 Å². The topological polar surface area (TPSA) is 78.2 Å². The van der Waals surface area contributed by atoms with Crippen molar-refractivity contribution in [1.29, 1.82) is 5.26 Å². The molecule has 0 aromatic heterocycles. The first kappa shape index (κ1) is 19.3. The number of sulfonamides is 1. The summed E-state index contributed by atoms with van der Waals surface area (Å²) in [6.45, 7) is 4.48. The van der Waals surface area contributed by atoms with Crippen LogP contribution in [0.15, 0.2) is 47.4 Å². The average molecular weight is 382 g/mol. The Morgan fingerprint density at radius 1 is 1.11 bits per heavy atom. The van der Waals surface area contributed by atoms with Gasteiger partial charge >= 0.3 is 0 Å². The molecule has 1 aliphatic rings. The maximum absolute atomic E-state index is 12.9. The third kappa shape index (κ3) is 3.80. The molecular weight excluding hydrogens is 360 g/mol. The van der Waals surface area contributed by atoms with E-state index in [1.165, 1.54) is 16.4 Å². The third-order valence-corrected chi connectivity index (χ3v) is 7.05. The summed E-state index contributed by atoms with van der Waals surface area (Å²) in [4.78, 5) is 12.9. The van der Waals surface area contributed by atoms with E-state index in [0.717, 1.165) is 16.7 Å². The largest absolute Gasteiger partial charge is 0.294 e. The van der Waals surface area contributed by atoms with Crippen LogP contribution in [0, 0.1) is 31.1 Å². The molecule has 140 valence electrons. The maximum atomic E-state index is 12.9. The van der Waals surface area contributed by atoms with Crippen molar-refractivity contribution >= 4 is 15.8 Å². The molecule has 1 saturated heterocycles. The van der Waals surface area contributed by atoms with Crippen molar-refractivity contribution in [2.24, 2.45) is 5.92 Å². The summed E-state index contributed by atoms with van der Waals surface area (Å²) in [5, 5.41) is 9.19. The monoisotopic (exact) mass is 382 g/mol. The normalized spacial score (nSPS) is 16.0. The molecule has 6 heteroatoms. The first-order valence-corrected chi connectivity index (χ1v) is 10.4. The Labute approximate surface area is 160 Å². The van der Waals surface area contributed by atoms with E-state index in [1.807, 2.05) is 38.1 Å². The minimum atomic E-state index is -3.73. The van der Waals surface area contributed by atoms with Gasteiger partial charge in [-0.1, -0.05) is 35.9 Å². The van der Waals surface area contributed by atoms with Crippen LogP contribution < -0.4 is 0 Å². The molecule has 27 heavy (non-hydrogen) atoms. The summed E-state index contributed by atoms with van der Waals surface area (Å²) in [7, 11) is -3.73. The van der Waals surface area contributed by atoms with Gasteiger partial charge in [-0.25, -0.2) is 8.42 Å². The quantitative estimate of drug-likeness (QED) is 0.759. The molecule has 2 aromatic rings. The predicted molar refractivity (Wildman–Crippen MR) is 103 cm³/mol. The Morgan fingerprint density at radius 2 is 1.78 bits per heavy atom. The van der Waals surface area contributed by atoms with Gasteiger partial charge in [0.15, 0.2) is 5.78 Å². The SMILES string of the molecule is Cc1ccc(C(=O)C2CCN(S(=O)(=O)c3ccccc3C#N)CC2)c(C)c1. The zero-order valence-corrected chi connectivity index (χ0v) is 16.3. The summed E-state index contributed by atoms with van der Waals surface area (Å²) in [5.41, 5.74) is 2.93. The molecule has 0 unspecified atom stereocenters. The van der Waals surface area contributed by atoms with Gasteiger partial charge in [0, 0.05) is 24.6 Å². The number of nitrogens with zero attached hydrogens (tertiary/aromatic N) is 2. The second-order valence-corrected chi connectivity index (χ2v) is 8.88. The highest BCUT2D eigenvalue weighted by molar-refractivity contribution is 7.89. The standard InChI is InChI=1S/C21H22N2O3S/c1-15-7-8-19(16(2)13-15)21(24)17-9-11-23(12-10-17)27(25,26)20-6-4-3-5-18(20)14-22/h3-8,13,17H,9-12H2,1-2H3. The molecule has 0 bridgehead atoms. The van der Waals surface area contributed by atoms with Crippen molar-refractivity contribution in [3.8, 4) is 6.07 Å². The van der Waals surface area contributed by atoms with Crippen LogP contribution in [0.4, 0.5) is 0 Å². The van der Waals surface area contributed by atoms with Gasteiger partial charge in [-0.2, -0.15) is 9.57 Å². The second-order valence-electron chi connectivity index (χ2n) is 6.97. The molecule has 1 fully saturated rings. The Morgan fingerprint density at radius 3 is 2.41 bits per heavy atom. The van der Waals surface area contributed by atoms with Gasteiger partial charge in [-0.05, 0) is 44.4 Å². The highest BCUT2D eigenvalue weighted by Gasteiger charge is 2.33. The van der Waals surface area contributed by atoms with Crippen molar-refractivity contribution in [2.75, 3.05) is 13.1 Å². The van der Waals surface area contributed by atoms with Gasteiger partial charge in [-0.15, -0.1) is 0 Å². The average Bonchev–Trinajstić information content (AvgIpc) is 2.67. The fourth-order valence-corrected chi connectivity index (χ4v) is 5.20. The lowest BCUT2D eigenvalue weighted by molar-refractivity contribution is 0.0874. The van der Waals surface area contributed by atoms with E-state index in [1.54, 1.807) is 12.1 Å². The Balaban J connectivity index is 1.75. The first-order chi connectivity index (χ1) is 12.8. The third-order valence-electron chi connectivity index (χ3n) is 5.10. The summed E-state index contributed by atoms with van der Waals surface area (Å²) >= 11 is 0. The smallest absolute Gasteiger partial charge is 0.244 e. The van der Waals surface area contributed by atoms with Gasteiger partial charge < -0.3 is 0 Å². The van der Waals surface area contributed by atoms with E-state index in [2.05, 4.69) is 0 Å². The zero-order valence-electron chi connectivity index (χ0n) is 15.5. The van der Waals surface area contributed by atoms with E-state index in [-0.39, 0.29) is 35.2 Å². The van der Waals surface area contributed by atoms with E-state index >= 15 is 0 Å². The number of carbonyl (C=O) groups excluding carboxylic acids is 1. The van der Waals surface area contributed by atoms with Gasteiger partial charge in [0.05, 0.1) is 10.5 Å². The van der Waals surface area contributed by atoms with Crippen molar-refractivity contribution in [1.82, 2.24) is 4.31 Å². The molecule has 3 rings (SSSR count). The lowest BCUT2D eigenvalue weighted by Gasteiger charge is -2.31. The van der Waals surface area contributed by atoms with Crippen LogP contribution in [0.5, 0.6) is 0 Å². The van der Waals surface area contributed by atoms with E-state index in [9.17, 15) is 18.5 Å². The number of hydrogen-bond donors (Lipinski definition) is 0. The molecule has 0 amide bonds. The Bertz CT molecular complexity index is 1010. The van der Waals surface area contributed by atoms with Crippen LogP contribution in [-0.2, 0) is 10.0 Å². The van der Waals surface area contributed by atoms with Gasteiger partial charge in [-0.3, -0.25) is 4.79 Å². The van der Waals surface area contributed by atoms with E-state index in [4.69, 9.17) is 0 Å². The molecule has 0 spiro atoms. The number of ketones is 1. The Hall–Kier alpha value is -2.49. The minimum Gasteiger partial charge on any atom is -0.294 e. The first-order valence-electron chi connectivity index (χ1n) is 8.95. The van der Waals surface area contributed by atoms with Crippen LogP contribution in [0.3, 0.4) is 0 Å². The molecule has 5 nitrogen and oxygen atoms in total. The molecule has 0 N–H and O–H groups in total. The molecule has 0 atom stereocenters. The number of hydrogen-bond acceptors (Lipinski definition) is 4. The number of benzene rings is 2. The van der Waals surface area contributed by atoms with Crippen LogP contribution in [0.25, 0.3) is 0 Å². The number of carbonyl (C=O) groups is 1. The van der Waals surface area contributed by atoms with Crippen LogP contribution in [0.2, 0.25) is 0 Å². The lowest BCUT2D eigenvalue weighted by Crippen LogP contribution is -2.40. The van der Waals surface area contributed by atoms with Crippen molar-refractivity contribution in [3.63, 3.8) is 0 Å². The molecule has 1 aliphatic heterocycles. The fraction of sp³-hybridized carbons (Fsp3) is 0.333. The number of aryl methyl sites for hydroxylation is 2. The molecule has 0 aliphatic carbocycles. The summed E-state index contributed by atoms with van der Waals surface area (Å²) in [6, 6.07) is 13.9. The Kier molecular flexibility index (Phi) is 5.45. The summed E-state index contributed by atoms with van der Waals surface area (Å²) in [5.74, 6) is -0.0916. The number of rotatable bonds is 4. The number of Topliss-reactive ketones (excluding diaryl/α,β-unsaturated/α-hetero) is 1. The molecule has 1 heterocycles. The van der Waals surface area contributed by atoms with Crippen molar-refractivity contribution < 1.29 is 13.2 Å². The fourth-order valence-electron chi connectivity index (χ4n) is 3.59. The van der Waals surface area contributed by atoms with Crippen LogP contribution in [0.1, 0.15) is 39.9 Å². The summed E-state index contributed by atoms with van der Waals surface area (Å²) < 4.78 is 27.2. The lowest BCUT2D eigenvalue weighted by atomic mass is 9.87. The van der Waals surface area contributed by atoms with Crippen LogP contribution in [-0.4, -0.2) is 31.6 Å². The second kappa shape index (κ2) is 7.63. The molecule has 0 saturated carbocycles. The predicted octanol–water partition coefficient (Wildman–Crippen LogP) is 3.46. The van der Waals surface area contributed by atoms with Crippen molar-refractivity contribution in [2.45, 2.75) is 31.6 Å². The van der Waals surface area contributed by atoms with Gasteiger partial charge in [0.1, 0.15) is 6.07 Å². The molecule has 2 aromatic carbocycles. The molecule has 0 radical (unpaired) electrons. The highest BCUT2D eigenvalue weighted by Crippen LogP contribution is 2.28. The maximum Gasteiger partial charge on any atom is 0.244 e. The molecular formula is C21H22N2O3S.